The highest BCUT2D eigenvalue weighted by Crippen LogP contribution is 2.23. The normalized spacial score (nSPS) is 11.0. The smallest absolute Gasteiger partial charge is 0.283 e. The molecule has 2 heterocycles. The molecule has 0 amide bonds. The minimum atomic E-state index is -0.810. The van der Waals surface area contributed by atoms with Gasteiger partial charge in [-0.1, -0.05) is 0 Å². The molecule has 104 valence electrons. The van der Waals surface area contributed by atoms with Crippen molar-refractivity contribution < 1.29 is 10.2 Å². The van der Waals surface area contributed by atoms with Gasteiger partial charge in [0.2, 0.25) is 23.1 Å². The molecule has 0 radical (unpaired) electrons. The molecule has 0 aliphatic heterocycles. The van der Waals surface area contributed by atoms with Crippen molar-refractivity contribution in [1.82, 2.24) is 19.9 Å². The predicted molar refractivity (Wildman–Crippen MR) is 72.0 cm³/mol. The molecule has 2 aromatic rings. The number of azo groups is 1. The van der Waals surface area contributed by atoms with E-state index < -0.39 is 34.3 Å². The first kappa shape index (κ1) is 13.8. The lowest BCUT2D eigenvalue weighted by molar-refractivity contribution is 0.448. The van der Waals surface area contributed by atoms with Crippen molar-refractivity contribution in [3.05, 3.63) is 30.2 Å². The third-order valence-corrected chi connectivity index (χ3v) is 2.45. The first-order chi connectivity index (χ1) is 9.38. The molecule has 10 nitrogen and oxygen atoms in total. The molecule has 0 saturated heterocycles. The van der Waals surface area contributed by atoms with Crippen molar-refractivity contribution >= 4 is 35.8 Å². The molecule has 0 unspecified atom stereocenters. The molecular formula is C8H6N6O4S2. The van der Waals surface area contributed by atoms with Crippen LogP contribution in [-0.2, 0) is 0 Å². The summed E-state index contributed by atoms with van der Waals surface area (Å²) in [5.41, 5.74) is -2.62. The molecule has 12 heteroatoms. The summed E-state index contributed by atoms with van der Waals surface area (Å²) in [7, 11) is 0. The summed E-state index contributed by atoms with van der Waals surface area (Å²) < 4.78 is -0.202. The zero-order valence-electron chi connectivity index (χ0n) is 9.42. The minimum absolute atomic E-state index is 0.101. The van der Waals surface area contributed by atoms with E-state index in [0.29, 0.717) is 0 Å². The Hall–Kier alpha value is -2.60. The molecule has 0 bridgehead atoms. The maximum atomic E-state index is 11.5. The van der Waals surface area contributed by atoms with E-state index >= 15 is 0 Å². The fourth-order valence-corrected chi connectivity index (χ4v) is 1.60. The Morgan fingerprint density at radius 2 is 1.10 bits per heavy atom. The van der Waals surface area contributed by atoms with Gasteiger partial charge in [0.25, 0.3) is 11.1 Å². The van der Waals surface area contributed by atoms with Crippen LogP contribution >= 0.6 is 24.4 Å². The van der Waals surface area contributed by atoms with Gasteiger partial charge in [-0.3, -0.25) is 19.6 Å². The first-order valence-electron chi connectivity index (χ1n) is 4.91. The number of aromatic amines is 4. The quantitative estimate of drug-likeness (QED) is 0.358. The summed E-state index contributed by atoms with van der Waals surface area (Å²) >= 11 is 9.25. The van der Waals surface area contributed by atoms with Crippen molar-refractivity contribution in [1.29, 1.82) is 0 Å². The predicted octanol–water partition coefficient (Wildman–Crippen LogP) is 1.00. The number of aromatic hydroxyl groups is 2. The molecule has 6 N–H and O–H groups in total. The van der Waals surface area contributed by atoms with Crippen LogP contribution in [0.1, 0.15) is 0 Å². The standard InChI is InChI=1S/C8H6N6O4S2/c15-3-1(4(16)10-7(19)9-3)13-14-2-5(17)11-8(20)12-6(2)18/h(H3,9,10,15,16,19)(H3,11,12,17,18,20). The second kappa shape index (κ2) is 5.18. The molecule has 0 atom stereocenters. The van der Waals surface area contributed by atoms with Crippen LogP contribution < -0.4 is 11.1 Å². The first-order valence-corrected chi connectivity index (χ1v) is 5.73. The fraction of sp³-hybridized carbons (Fsp3) is 0. The Morgan fingerprint density at radius 3 is 1.40 bits per heavy atom. The monoisotopic (exact) mass is 314 g/mol. The number of rotatable bonds is 2. The van der Waals surface area contributed by atoms with Crippen LogP contribution in [0, 0.1) is 9.54 Å². The van der Waals surface area contributed by atoms with Crippen LogP contribution in [0.3, 0.4) is 0 Å². The van der Waals surface area contributed by atoms with Gasteiger partial charge < -0.3 is 20.2 Å². The van der Waals surface area contributed by atoms with E-state index in [1.807, 2.05) is 0 Å². The Balaban J connectivity index is 2.56. The van der Waals surface area contributed by atoms with Crippen molar-refractivity contribution in [2.75, 3.05) is 0 Å². The second-order valence-corrected chi connectivity index (χ2v) is 4.23. The number of nitrogens with one attached hydrogen (secondary N) is 4. The number of H-pyrrole nitrogens is 4. The highest BCUT2D eigenvalue weighted by atomic mass is 32.1. The largest absolute Gasteiger partial charge is 0.493 e. The van der Waals surface area contributed by atoms with Crippen molar-refractivity contribution in [2.45, 2.75) is 0 Å². The maximum Gasteiger partial charge on any atom is 0.283 e. The van der Waals surface area contributed by atoms with Crippen LogP contribution in [0.25, 0.3) is 0 Å². The van der Waals surface area contributed by atoms with Crippen LogP contribution in [0.5, 0.6) is 11.8 Å². The lowest BCUT2D eigenvalue weighted by atomic mass is 10.5. The summed E-state index contributed by atoms with van der Waals surface area (Å²) in [6, 6.07) is 0. The SMILES string of the molecule is O=c1[nH]c(=S)[nH]c(O)c1N=Nc1c(O)[nH]c(=S)[nH]c1=O. The van der Waals surface area contributed by atoms with Crippen molar-refractivity contribution in [3.8, 4) is 11.8 Å². The van der Waals surface area contributed by atoms with E-state index in [4.69, 9.17) is 0 Å². The summed E-state index contributed by atoms with van der Waals surface area (Å²) in [5, 5.41) is 25.7. The minimum Gasteiger partial charge on any atom is -0.493 e. The van der Waals surface area contributed by atoms with Gasteiger partial charge in [0.05, 0.1) is 0 Å². The van der Waals surface area contributed by atoms with E-state index in [-0.39, 0.29) is 9.54 Å². The molecular weight excluding hydrogens is 308 g/mol. The Kier molecular flexibility index (Phi) is 3.58. The topological polar surface area (TPSA) is 162 Å². The molecule has 20 heavy (non-hydrogen) atoms. The van der Waals surface area contributed by atoms with Crippen LogP contribution in [0.2, 0.25) is 0 Å². The van der Waals surface area contributed by atoms with Gasteiger partial charge in [0.1, 0.15) is 0 Å². The van der Waals surface area contributed by atoms with Gasteiger partial charge in [0, 0.05) is 0 Å². The molecule has 0 fully saturated rings. The maximum absolute atomic E-state index is 11.5. The molecule has 2 aromatic heterocycles. The van der Waals surface area contributed by atoms with Crippen molar-refractivity contribution in [2.24, 2.45) is 10.2 Å². The van der Waals surface area contributed by atoms with Gasteiger partial charge in [-0.2, -0.15) is 0 Å². The average Bonchev–Trinajstić information content (AvgIpc) is 2.30. The van der Waals surface area contributed by atoms with Crippen LogP contribution in [0.4, 0.5) is 11.4 Å². The van der Waals surface area contributed by atoms with E-state index in [2.05, 4.69) is 54.6 Å². The summed E-state index contributed by atoms with van der Waals surface area (Å²) in [6.45, 7) is 0. The number of nitrogens with zero attached hydrogens (tertiary/aromatic N) is 2. The lowest BCUT2D eigenvalue weighted by Crippen LogP contribution is -2.07. The fourth-order valence-electron chi connectivity index (χ4n) is 1.22. The molecule has 0 saturated carbocycles. The average molecular weight is 314 g/mol. The van der Waals surface area contributed by atoms with Gasteiger partial charge in [-0.25, -0.2) is 0 Å². The Morgan fingerprint density at radius 1 is 0.750 bits per heavy atom. The summed E-state index contributed by atoms with van der Waals surface area (Å²) in [5.74, 6) is -1.25. The van der Waals surface area contributed by atoms with Crippen LogP contribution in [-0.4, -0.2) is 30.1 Å². The van der Waals surface area contributed by atoms with Gasteiger partial charge in [-0.15, -0.1) is 10.2 Å². The van der Waals surface area contributed by atoms with Crippen LogP contribution in [0.15, 0.2) is 19.8 Å². The molecule has 0 aliphatic carbocycles. The molecule has 2 rings (SSSR count). The van der Waals surface area contributed by atoms with Crippen molar-refractivity contribution in [3.63, 3.8) is 0 Å². The molecule has 0 spiro atoms. The number of aromatic nitrogens is 4. The Bertz CT molecular complexity index is 845. The molecule has 0 aliphatic rings. The van der Waals surface area contributed by atoms with E-state index in [0.717, 1.165) is 0 Å². The zero-order valence-corrected chi connectivity index (χ0v) is 11.1. The highest BCUT2D eigenvalue weighted by Gasteiger charge is 2.09. The van der Waals surface area contributed by atoms with Gasteiger partial charge in [-0.05, 0) is 24.4 Å². The van der Waals surface area contributed by atoms with E-state index in [1.165, 1.54) is 0 Å². The summed E-state index contributed by atoms with van der Waals surface area (Å²) in [4.78, 5) is 31.8. The number of hydrogen-bond acceptors (Lipinski definition) is 8. The lowest BCUT2D eigenvalue weighted by Gasteiger charge is -1.97. The van der Waals surface area contributed by atoms with E-state index in [1.54, 1.807) is 0 Å². The Labute approximate surface area is 118 Å². The third kappa shape index (κ3) is 2.70. The third-order valence-electron chi connectivity index (χ3n) is 2.05. The van der Waals surface area contributed by atoms with E-state index in [9.17, 15) is 19.8 Å². The second-order valence-electron chi connectivity index (χ2n) is 3.41. The van der Waals surface area contributed by atoms with Gasteiger partial charge in [0.15, 0.2) is 9.54 Å². The highest BCUT2D eigenvalue weighted by molar-refractivity contribution is 7.71. The summed E-state index contributed by atoms with van der Waals surface area (Å²) in [6.07, 6.45) is 0. The number of hydrogen-bond donors (Lipinski definition) is 6. The van der Waals surface area contributed by atoms with Gasteiger partial charge >= 0.3 is 0 Å². The molecule has 0 aromatic carbocycles. The zero-order chi connectivity index (χ0) is 14.9.